The van der Waals surface area contributed by atoms with Crippen LogP contribution in [0.15, 0.2) is 12.1 Å². The summed E-state index contributed by atoms with van der Waals surface area (Å²) >= 11 is 0. The maximum atomic E-state index is 14.0. The minimum Gasteiger partial charge on any atom is -0.462 e. The number of benzene rings is 1. The molecule has 0 aliphatic rings. The van der Waals surface area contributed by atoms with Crippen molar-refractivity contribution in [1.29, 1.82) is 0 Å². The van der Waals surface area contributed by atoms with Crippen molar-refractivity contribution in [2.45, 2.75) is 13.0 Å². The molecule has 0 fully saturated rings. The van der Waals surface area contributed by atoms with Gasteiger partial charge in [0.2, 0.25) is 0 Å². The van der Waals surface area contributed by atoms with Gasteiger partial charge in [0, 0.05) is 26.4 Å². The van der Waals surface area contributed by atoms with E-state index in [9.17, 15) is 14.3 Å². The summed E-state index contributed by atoms with van der Waals surface area (Å²) in [5.41, 5.74) is 5.91. The van der Waals surface area contributed by atoms with E-state index in [1.54, 1.807) is 14.0 Å². The van der Waals surface area contributed by atoms with Crippen molar-refractivity contribution in [2.75, 3.05) is 44.5 Å². The smallest absolute Gasteiger partial charge is 0.340 e. The van der Waals surface area contributed by atoms with Crippen LogP contribution in [0.2, 0.25) is 0 Å². The number of carbonyl (C=O) groups is 1. The van der Waals surface area contributed by atoms with E-state index in [1.165, 1.54) is 18.1 Å². The monoisotopic (exact) mass is 300 g/mol. The fraction of sp³-hybridized carbons (Fsp3) is 0.500. The molecule has 6 nitrogen and oxygen atoms in total. The summed E-state index contributed by atoms with van der Waals surface area (Å²) < 4.78 is 23.7. The molecule has 118 valence electrons. The Labute approximate surface area is 123 Å². The lowest BCUT2D eigenvalue weighted by Crippen LogP contribution is -2.32. The van der Waals surface area contributed by atoms with Crippen molar-refractivity contribution < 1.29 is 23.8 Å². The molecule has 0 heterocycles. The molecule has 1 rings (SSSR count). The number of rotatable bonds is 7. The van der Waals surface area contributed by atoms with Gasteiger partial charge in [-0.3, -0.25) is 0 Å². The first-order chi connectivity index (χ1) is 9.90. The number of carbonyl (C=O) groups excluding carboxylic acids is 1. The Morgan fingerprint density at radius 3 is 2.76 bits per heavy atom. The van der Waals surface area contributed by atoms with Crippen LogP contribution in [0.1, 0.15) is 17.3 Å². The maximum absolute atomic E-state index is 14.0. The number of hydrogen-bond donors (Lipinski definition) is 2. The molecule has 1 aromatic rings. The van der Waals surface area contributed by atoms with Gasteiger partial charge in [-0.2, -0.15) is 0 Å². The largest absolute Gasteiger partial charge is 0.462 e. The van der Waals surface area contributed by atoms with E-state index in [4.69, 9.17) is 15.2 Å². The SMILES string of the molecule is CCOC(=O)c1cc(N(C)CC(O)COC)c(F)cc1N. The second kappa shape index (κ2) is 7.80. The Kier molecular flexibility index (Phi) is 6.39. The number of anilines is 2. The standard InChI is InChI=1S/C14H21FN2O4/c1-4-21-14(19)10-5-13(11(15)6-12(10)16)17(2)7-9(18)8-20-3/h5-6,9,18H,4,7-8,16H2,1-3H3. The van der Waals surface area contributed by atoms with Crippen molar-refractivity contribution in [3.63, 3.8) is 0 Å². The van der Waals surface area contributed by atoms with Gasteiger partial charge >= 0.3 is 5.97 Å². The predicted molar refractivity (Wildman–Crippen MR) is 77.9 cm³/mol. The first-order valence-corrected chi connectivity index (χ1v) is 6.55. The number of nitrogens with zero attached hydrogens (tertiary/aromatic N) is 1. The number of hydrogen-bond acceptors (Lipinski definition) is 6. The lowest BCUT2D eigenvalue weighted by Gasteiger charge is -2.23. The van der Waals surface area contributed by atoms with Gasteiger partial charge in [0.15, 0.2) is 0 Å². The highest BCUT2D eigenvalue weighted by Gasteiger charge is 2.18. The summed E-state index contributed by atoms with van der Waals surface area (Å²) in [7, 11) is 3.06. The van der Waals surface area contributed by atoms with Gasteiger partial charge in [-0.25, -0.2) is 9.18 Å². The summed E-state index contributed by atoms with van der Waals surface area (Å²) in [5.74, 6) is -1.19. The lowest BCUT2D eigenvalue weighted by molar-refractivity contribution is 0.0527. The zero-order valence-electron chi connectivity index (χ0n) is 12.4. The molecule has 0 aromatic heterocycles. The van der Waals surface area contributed by atoms with Crippen molar-refractivity contribution in [1.82, 2.24) is 0 Å². The molecular weight excluding hydrogens is 279 g/mol. The van der Waals surface area contributed by atoms with Gasteiger partial charge in [0.1, 0.15) is 5.82 Å². The first-order valence-electron chi connectivity index (χ1n) is 6.55. The van der Waals surface area contributed by atoms with E-state index < -0.39 is 17.9 Å². The van der Waals surface area contributed by atoms with Crippen LogP contribution in [0.5, 0.6) is 0 Å². The number of ether oxygens (including phenoxy) is 2. The third-order valence-corrected chi connectivity index (χ3v) is 2.87. The molecule has 0 radical (unpaired) electrons. The second-order valence-electron chi connectivity index (χ2n) is 4.60. The number of aliphatic hydroxyl groups is 1. The molecule has 0 aliphatic heterocycles. The Morgan fingerprint density at radius 1 is 1.52 bits per heavy atom. The number of esters is 1. The fourth-order valence-electron chi connectivity index (χ4n) is 1.91. The van der Waals surface area contributed by atoms with Gasteiger partial charge in [0.05, 0.1) is 30.6 Å². The van der Waals surface area contributed by atoms with Crippen molar-refractivity contribution >= 4 is 17.3 Å². The van der Waals surface area contributed by atoms with Gasteiger partial charge < -0.3 is 25.2 Å². The first kappa shape index (κ1) is 17.2. The molecule has 1 unspecified atom stereocenters. The minimum atomic E-state index is -0.775. The fourth-order valence-corrected chi connectivity index (χ4v) is 1.91. The Hall–Kier alpha value is -1.86. The summed E-state index contributed by atoms with van der Waals surface area (Å²) in [6, 6.07) is 2.39. The Bertz CT molecular complexity index is 496. The molecular formula is C14H21FN2O4. The summed E-state index contributed by atoms with van der Waals surface area (Å²) in [6.07, 6.45) is -0.775. The topological polar surface area (TPSA) is 85.0 Å². The highest BCUT2D eigenvalue weighted by atomic mass is 19.1. The quantitative estimate of drug-likeness (QED) is 0.578. The van der Waals surface area contributed by atoms with Crippen LogP contribution in [0.4, 0.5) is 15.8 Å². The van der Waals surface area contributed by atoms with Crippen LogP contribution in [0.3, 0.4) is 0 Å². The van der Waals surface area contributed by atoms with Gasteiger partial charge in [-0.1, -0.05) is 0 Å². The number of aliphatic hydroxyl groups excluding tert-OH is 1. The average molecular weight is 300 g/mol. The Morgan fingerprint density at radius 2 is 2.19 bits per heavy atom. The van der Waals surface area contributed by atoms with Crippen LogP contribution >= 0.6 is 0 Å². The molecule has 1 atom stereocenters. The molecule has 0 saturated heterocycles. The van der Waals surface area contributed by atoms with Crippen LogP contribution in [-0.4, -0.2) is 51.1 Å². The van der Waals surface area contributed by atoms with E-state index in [1.807, 2.05) is 0 Å². The highest BCUT2D eigenvalue weighted by molar-refractivity contribution is 5.96. The number of methoxy groups -OCH3 is 1. The highest BCUT2D eigenvalue weighted by Crippen LogP contribution is 2.25. The molecule has 0 aliphatic carbocycles. The zero-order valence-corrected chi connectivity index (χ0v) is 12.4. The second-order valence-corrected chi connectivity index (χ2v) is 4.60. The summed E-state index contributed by atoms with van der Waals surface area (Å²) in [5, 5.41) is 9.68. The molecule has 21 heavy (non-hydrogen) atoms. The molecule has 0 amide bonds. The van der Waals surface area contributed by atoms with E-state index in [-0.39, 0.29) is 36.7 Å². The molecule has 0 bridgehead atoms. The number of likely N-dealkylation sites (N-methyl/N-ethyl adjacent to an activating group) is 1. The zero-order chi connectivity index (χ0) is 16.0. The maximum Gasteiger partial charge on any atom is 0.340 e. The summed E-state index contributed by atoms with van der Waals surface area (Å²) in [6.45, 7) is 2.15. The molecule has 1 aromatic carbocycles. The van der Waals surface area contributed by atoms with E-state index in [0.717, 1.165) is 6.07 Å². The Balaban J connectivity index is 3.01. The molecule has 0 saturated carbocycles. The van der Waals surface area contributed by atoms with Crippen LogP contribution < -0.4 is 10.6 Å². The summed E-state index contributed by atoms with van der Waals surface area (Å²) in [4.78, 5) is 13.3. The van der Waals surface area contributed by atoms with Crippen molar-refractivity contribution in [3.05, 3.63) is 23.5 Å². The van der Waals surface area contributed by atoms with Gasteiger partial charge in [-0.15, -0.1) is 0 Å². The third-order valence-electron chi connectivity index (χ3n) is 2.87. The van der Waals surface area contributed by atoms with Crippen LogP contribution in [-0.2, 0) is 9.47 Å². The van der Waals surface area contributed by atoms with Crippen molar-refractivity contribution in [2.24, 2.45) is 0 Å². The van der Waals surface area contributed by atoms with E-state index >= 15 is 0 Å². The molecule has 3 N–H and O–H groups in total. The van der Waals surface area contributed by atoms with Crippen molar-refractivity contribution in [3.8, 4) is 0 Å². The lowest BCUT2D eigenvalue weighted by atomic mass is 10.1. The van der Waals surface area contributed by atoms with Crippen LogP contribution in [0.25, 0.3) is 0 Å². The average Bonchev–Trinajstić information content (AvgIpc) is 2.38. The number of nitrogen functional groups attached to an aromatic ring is 1. The van der Waals surface area contributed by atoms with E-state index in [0.29, 0.717) is 0 Å². The van der Waals surface area contributed by atoms with E-state index in [2.05, 4.69) is 0 Å². The molecule has 7 heteroatoms. The van der Waals surface area contributed by atoms with Gasteiger partial charge in [0.25, 0.3) is 0 Å². The predicted octanol–water partition coefficient (Wildman–Crippen LogP) is 1.03. The normalized spacial score (nSPS) is 12.0. The third kappa shape index (κ3) is 4.57. The number of halogens is 1. The van der Waals surface area contributed by atoms with Crippen LogP contribution in [0, 0.1) is 5.82 Å². The number of nitrogens with two attached hydrogens (primary N) is 1. The molecule has 0 spiro atoms. The minimum absolute atomic E-state index is 0.0144. The van der Waals surface area contributed by atoms with Gasteiger partial charge in [-0.05, 0) is 19.1 Å².